The molecule has 1 aliphatic rings. The van der Waals surface area contributed by atoms with Crippen LogP contribution < -0.4 is 5.11 Å². The number of rotatable bonds is 1. The molecule has 0 unspecified atom stereocenters. The summed E-state index contributed by atoms with van der Waals surface area (Å²) in [6.45, 7) is 0. The fourth-order valence-electron chi connectivity index (χ4n) is 1.63. The smallest absolute Gasteiger partial charge is 0.872 e. The zero-order valence-electron chi connectivity index (χ0n) is 10.7. The van der Waals surface area contributed by atoms with E-state index in [0.717, 1.165) is 0 Å². The van der Waals surface area contributed by atoms with Gasteiger partial charge < -0.3 is 10.2 Å². The number of benzene rings is 1. The summed E-state index contributed by atoms with van der Waals surface area (Å²) in [6.07, 6.45) is 7.20. The molecule has 0 spiro atoms. The van der Waals surface area contributed by atoms with E-state index in [1.807, 2.05) is 42.5 Å². The minimum absolute atomic E-state index is 0. The first-order chi connectivity index (χ1) is 9.27. The number of aromatic hydroxyl groups is 1. The zero-order chi connectivity index (χ0) is 13.5. The molecule has 3 heteroatoms. The van der Waals surface area contributed by atoms with Crippen LogP contribution in [0.5, 0.6) is 5.75 Å². The van der Waals surface area contributed by atoms with E-state index in [2.05, 4.69) is 0 Å². The van der Waals surface area contributed by atoms with Crippen LogP contribution in [0.2, 0.25) is 0 Å². The third-order valence-electron chi connectivity index (χ3n) is 2.61. The van der Waals surface area contributed by atoms with Gasteiger partial charge in [-0.15, -0.1) is 0 Å². The van der Waals surface area contributed by atoms with Gasteiger partial charge in [-0.3, -0.25) is 0 Å². The molecule has 20 heavy (non-hydrogen) atoms. The van der Waals surface area contributed by atoms with E-state index < -0.39 is 0 Å². The molecule has 0 radical (unpaired) electrons. The van der Waals surface area contributed by atoms with Crippen molar-refractivity contribution >= 4 is 5.76 Å². The average molecular weight is 306 g/mol. The van der Waals surface area contributed by atoms with Gasteiger partial charge in [0, 0.05) is 0 Å². The van der Waals surface area contributed by atoms with Crippen LogP contribution in [-0.4, -0.2) is 5.11 Å². The Balaban J connectivity index is 0.000000283. The number of phenols is 1. The normalized spacial score (nSPS) is 11.5. The first-order valence-electron chi connectivity index (χ1n) is 5.99. The van der Waals surface area contributed by atoms with Gasteiger partial charge in [-0.25, -0.2) is 12.1 Å². The van der Waals surface area contributed by atoms with Crippen LogP contribution in [-0.2, 0) is 17.1 Å². The third-order valence-corrected chi connectivity index (χ3v) is 2.61. The first-order valence-corrected chi connectivity index (χ1v) is 5.99. The third kappa shape index (κ3) is 4.54. The Morgan fingerprint density at radius 3 is 1.95 bits per heavy atom. The molecule has 0 saturated heterocycles. The van der Waals surface area contributed by atoms with Crippen molar-refractivity contribution in [3.63, 3.8) is 0 Å². The number of phenolic OH excluding ortho intramolecular Hbond substituents is 1. The van der Waals surface area contributed by atoms with Crippen LogP contribution in [0.4, 0.5) is 0 Å². The molecule has 0 amide bonds. The molecule has 0 atom stereocenters. The standard InChI is InChI=1S/C12H10O2.C5H5.Fe/c13-11-7-5-10(6-8-11)12(14)9-3-1-2-4-9;1-2-4-5-3-1;/h1-8,13-14H;1-5H;/q;-1;+2/p-1. The summed E-state index contributed by atoms with van der Waals surface area (Å²) in [6, 6.07) is 16.3. The SMILES string of the molecule is [Fe+2].[O-]C(=C1C=CC=C1)c1ccc(O)cc1.c1cc[cH-]c1. The molecule has 2 nitrogen and oxygen atoms in total. The Morgan fingerprint density at radius 2 is 1.50 bits per heavy atom. The summed E-state index contributed by atoms with van der Waals surface area (Å²) >= 11 is 0. The van der Waals surface area contributed by atoms with Crippen LogP contribution >= 0.6 is 0 Å². The fourth-order valence-corrected chi connectivity index (χ4v) is 1.63. The molecular formula is C17H14FeO2. The van der Waals surface area contributed by atoms with Gasteiger partial charge in [0.25, 0.3) is 0 Å². The summed E-state index contributed by atoms with van der Waals surface area (Å²) in [5.41, 5.74) is 1.27. The minimum atomic E-state index is -0.0185. The molecule has 3 rings (SSSR count). The van der Waals surface area contributed by atoms with Gasteiger partial charge in [0.2, 0.25) is 0 Å². The van der Waals surface area contributed by atoms with Crippen LogP contribution in [0.1, 0.15) is 5.56 Å². The average Bonchev–Trinajstić information content (AvgIpc) is 3.15. The molecule has 0 aliphatic heterocycles. The number of hydrogen-bond donors (Lipinski definition) is 1. The van der Waals surface area contributed by atoms with Crippen molar-refractivity contribution in [2.24, 2.45) is 0 Å². The van der Waals surface area contributed by atoms with E-state index in [0.29, 0.717) is 11.1 Å². The Bertz CT molecular complexity index is 559. The first kappa shape index (κ1) is 16.0. The van der Waals surface area contributed by atoms with E-state index in [1.54, 1.807) is 24.3 Å². The van der Waals surface area contributed by atoms with Gasteiger partial charge in [-0.05, 0) is 23.3 Å². The number of hydrogen-bond acceptors (Lipinski definition) is 2. The predicted molar refractivity (Wildman–Crippen MR) is 75.3 cm³/mol. The van der Waals surface area contributed by atoms with E-state index in [9.17, 15) is 5.11 Å². The van der Waals surface area contributed by atoms with Gasteiger partial charge in [0.15, 0.2) is 0 Å². The van der Waals surface area contributed by atoms with Crippen molar-refractivity contribution in [3.8, 4) is 5.75 Å². The summed E-state index contributed by atoms with van der Waals surface area (Å²) in [7, 11) is 0. The van der Waals surface area contributed by atoms with Gasteiger partial charge >= 0.3 is 17.1 Å². The van der Waals surface area contributed by atoms with Crippen LogP contribution in [0.3, 0.4) is 0 Å². The van der Waals surface area contributed by atoms with E-state index in [1.165, 1.54) is 12.1 Å². The second-order valence-electron chi connectivity index (χ2n) is 4.01. The summed E-state index contributed by atoms with van der Waals surface area (Å²) in [5.74, 6) is 0.152. The molecule has 0 aromatic heterocycles. The Hall–Kier alpha value is -2.09. The van der Waals surface area contributed by atoms with Gasteiger partial charge in [0.05, 0.1) is 0 Å². The quantitative estimate of drug-likeness (QED) is 0.500. The molecular weight excluding hydrogens is 292 g/mol. The fraction of sp³-hybridized carbons (Fsp3) is 0. The van der Waals surface area contributed by atoms with Gasteiger partial charge in [0.1, 0.15) is 5.75 Å². The van der Waals surface area contributed by atoms with Gasteiger partial charge in [-0.2, -0.15) is 18.2 Å². The predicted octanol–water partition coefficient (Wildman–Crippen LogP) is 2.99. The summed E-state index contributed by atoms with van der Waals surface area (Å²) in [4.78, 5) is 0. The van der Waals surface area contributed by atoms with Crippen molar-refractivity contribution in [2.75, 3.05) is 0 Å². The van der Waals surface area contributed by atoms with Gasteiger partial charge in [-0.1, -0.05) is 42.2 Å². The number of allylic oxidation sites excluding steroid dienone is 5. The molecule has 0 saturated carbocycles. The maximum atomic E-state index is 11.7. The van der Waals surface area contributed by atoms with Crippen molar-refractivity contribution < 1.29 is 27.3 Å². The second kappa shape index (κ2) is 8.15. The van der Waals surface area contributed by atoms with Crippen molar-refractivity contribution in [1.29, 1.82) is 0 Å². The minimum Gasteiger partial charge on any atom is -0.872 e. The zero-order valence-corrected chi connectivity index (χ0v) is 11.8. The van der Waals surface area contributed by atoms with Crippen molar-refractivity contribution in [1.82, 2.24) is 0 Å². The van der Waals surface area contributed by atoms with Crippen LogP contribution in [0.25, 0.3) is 5.76 Å². The maximum Gasteiger partial charge on any atom is 2.00 e. The maximum absolute atomic E-state index is 11.7. The molecule has 2 aromatic carbocycles. The largest absolute Gasteiger partial charge is 2.00 e. The summed E-state index contributed by atoms with van der Waals surface area (Å²) in [5, 5.41) is 20.8. The molecule has 2 aromatic rings. The van der Waals surface area contributed by atoms with Crippen LogP contribution in [0.15, 0.2) is 84.5 Å². The second-order valence-corrected chi connectivity index (χ2v) is 4.01. The Kier molecular flexibility index (Phi) is 6.51. The monoisotopic (exact) mass is 306 g/mol. The molecule has 102 valence electrons. The molecule has 1 aliphatic carbocycles. The topological polar surface area (TPSA) is 43.3 Å². The summed E-state index contributed by atoms with van der Waals surface area (Å²) < 4.78 is 0. The Morgan fingerprint density at radius 1 is 0.950 bits per heavy atom. The van der Waals surface area contributed by atoms with E-state index >= 15 is 0 Å². The van der Waals surface area contributed by atoms with Crippen molar-refractivity contribution in [3.05, 3.63) is 90.0 Å². The van der Waals surface area contributed by atoms with Crippen LogP contribution in [0, 0.1) is 0 Å². The molecule has 0 bridgehead atoms. The molecule has 0 heterocycles. The molecule has 0 fully saturated rings. The van der Waals surface area contributed by atoms with Crippen molar-refractivity contribution in [2.45, 2.75) is 0 Å². The molecule has 1 N–H and O–H groups in total. The van der Waals surface area contributed by atoms with E-state index in [4.69, 9.17) is 5.11 Å². The van der Waals surface area contributed by atoms with E-state index in [-0.39, 0.29) is 28.6 Å². The Labute approximate surface area is 129 Å².